The molecule has 0 spiro atoms. The second-order valence-electron chi connectivity index (χ2n) is 8.76. The van der Waals surface area contributed by atoms with E-state index < -0.39 is 0 Å². The zero-order valence-electron chi connectivity index (χ0n) is 19.0. The van der Waals surface area contributed by atoms with Crippen molar-refractivity contribution in [2.24, 2.45) is 10.9 Å². The second-order valence-corrected chi connectivity index (χ2v) is 8.76. The van der Waals surface area contributed by atoms with E-state index in [2.05, 4.69) is 89.3 Å². The molecule has 0 radical (unpaired) electrons. The number of nitrogens with zero attached hydrogens (tertiary/aromatic N) is 4. The van der Waals surface area contributed by atoms with E-state index in [0.29, 0.717) is 24.5 Å². The SMILES string of the molecule is CCNC(=NCc1nccn1CC(C)C)NC1CCN(Cc2ccccc2)C(C)C1. The van der Waals surface area contributed by atoms with Crippen molar-refractivity contribution >= 4 is 5.96 Å². The van der Waals surface area contributed by atoms with Gasteiger partial charge in [-0.3, -0.25) is 4.90 Å². The van der Waals surface area contributed by atoms with Gasteiger partial charge in [0, 0.05) is 50.7 Å². The first-order chi connectivity index (χ1) is 14.5. The fraction of sp³-hybridized carbons (Fsp3) is 0.583. The molecule has 2 atom stereocenters. The lowest BCUT2D eigenvalue weighted by Crippen LogP contribution is -2.51. The monoisotopic (exact) mass is 410 g/mol. The van der Waals surface area contributed by atoms with Crippen molar-refractivity contribution in [1.82, 2.24) is 25.1 Å². The van der Waals surface area contributed by atoms with E-state index in [-0.39, 0.29) is 0 Å². The Balaban J connectivity index is 1.55. The Morgan fingerprint density at radius 2 is 2.07 bits per heavy atom. The Morgan fingerprint density at radius 1 is 1.27 bits per heavy atom. The van der Waals surface area contributed by atoms with Crippen LogP contribution in [0.2, 0.25) is 0 Å². The maximum absolute atomic E-state index is 4.83. The number of rotatable bonds is 8. The predicted octanol–water partition coefficient (Wildman–Crippen LogP) is 3.65. The molecule has 1 aliphatic rings. The number of aromatic nitrogens is 2. The summed E-state index contributed by atoms with van der Waals surface area (Å²) in [5.74, 6) is 2.51. The standard InChI is InChI=1S/C24H38N6/c1-5-25-24(27-16-23-26-12-14-30(23)17-19(2)3)28-22-11-13-29(20(4)15-22)18-21-9-7-6-8-10-21/h6-10,12,14,19-20,22H,5,11,13,15-18H2,1-4H3,(H2,25,27,28). The number of likely N-dealkylation sites (tertiary alicyclic amines) is 1. The van der Waals surface area contributed by atoms with Gasteiger partial charge < -0.3 is 15.2 Å². The largest absolute Gasteiger partial charge is 0.357 e. The molecule has 1 aromatic carbocycles. The van der Waals surface area contributed by atoms with E-state index >= 15 is 0 Å². The minimum Gasteiger partial charge on any atom is -0.357 e. The molecule has 1 saturated heterocycles. The van der Waals surface area contributed by atoms with Crippen LogP contribution in [0, 0.1) is 5.92 Å². The molecule has 0 amide bonds. The third-order valence-electron chi connectivity index (χ3n) is 5.67. The van der Waals surface area contributed by atoms with Crippen LogP contribution in [0.25, 0.3) is 0 Å². The number of aliphatic imine (C=N–C) groups is 1. The summed E-state index contributed by atoms with van der Waals surface area (Å²) in [6, 6.07) is 11.8. The number of imidazole rings is 1. The Kier molecular flexibility index (Phi) is 8.31. The number of hydrogen-bond donors (Lipinski definition) is 2. The second kappa shape index (κ2) is 11.2. The van der Waals surface area contributed by atoms with Crippen molar-refractivity contribution in [3.63, 3.8) is 0 Å². The summed E-state index contributed by atoms with van der Waals surface area (Å²) < 4.78 is 2.21. The van der Waals surface area contributed by atoms with Gasteiger partial charge in [0.15, 0.2) is 5.96 Å². The quantitative estimate of drug-likeness (QED) is 0.515. The minimum atomic E-state index is 0.445. The van der Waals surface area contributed by atoms with Crippen molar-refractivity contribution in [3.8, 4) is 0 Å². The van der Waals surface area contributed by atoms with E-state index in [1.165, 1.54) is 5.56 Å². The molecule has 164 valence electrons. The van der Waals surface area contributed by atoms with Gasteiger partial charge in [-0.15, -0.1) is 0 Å². The predicted molar refractivity (Wildman–Crippen MR) is 124 cm³/mol. The maximum Gasteiger partial charge on any atom is 0.191 e. The summed E-state index contributed by atoms with van der Waals surface area (Å²) in [5, 5.41) is 7.08. The highest BCUT2D eigenvalue weighted by molar-refractivity contribution is 5.80. The molecule has 2 aromatic rings. The molecular weight excluding hydrogens is 372 g/mol. The molecule has 1 fully saturated rings. The number of piperidine rings is 1. The van der Waals surface area contributed by atoms with Crippen LogP contribution in [0.5, 0.6) is 0 Å². The molecule has 0 saturated carbocycles. The molecule has 2 unspecified atom stereocenters. The van der Waals surface area contributed by atoms with Crippen LogP contribution < -0.4 is 10.6 Å². The van der Waals surface area contributed by atoms with E-state index in [9.17, 15) is 0 Å². The zero-order valence-corrected chi connectivity index (χ0v) is 19.0. The third kappa shape index (κ3) is 6.59. The zero-order chi connectivity index (χ0) is 21.3. The average Bonchev–Trinajstić information content (AvgIpc) is 3.15. The van der Waals surface area contributed by atoms with Gasteiger partial charge in [-0.1, -0.05) is 44.2 Å². The number of nitrogens with one attached hydrogen (secondary N) is 2. The third-order valence-corrected chi connectivity index (χ3v) is 5.67. The lowest BCUT2D eigenvalue weighted by Gasteiger charge is -2.38. The number of guanidine groups is 1. The molecule has 2 heterocycles. The average molecular weight is 411 g/mol. The molecule has 6 nitrogen and oxygen atoms in total. The summed E-state index contributed by atoms with van der Waals surface area (Å²) in [7, 11) is 0. The minimum absolute atomic E-state index is 0.445. The highest BCUT2D eigenvalue weighted by atomic mass is 15.2. The first-order valence-electron chi connectivity index (χ1n) is 11.4. The summed E-state index contributed by atoms with van der Waals surface area (Å²) in [6.45, 7) is 13.5. The Bertz CT molecular complexity index is 782. The van der Waals surface area contributed by atoms with Gasteiger partial charge >= 0.3 is 0 Å². The van der Waals surface area contributed by atoms with E-state index in [4.69, 9.17) is 4.99 Å². The van der Waals surface area contributed by atoms with Gasteiger partial charge in [-0.2, -0.15) is 0 Å². The topological polar surface area (TPSA) is 57.5 Å². The van der Waals surface area contributed by atoms with Gasteiger partial charge in [-0.25, -0.2) is 9.98 Å². The first-order valence-corrected chi connectivity index (χ1v) is 11.4. The van der Waals surface area contributed by atoms with E-state index in [1.54, 1.807) is 0 Å². The van der Waals surface area contributed by atoms with E-state index in [0.717, 1.165) is 50.8 Å². The van der Waals surface area contributed by atoms with Gasteiger partial charge in [-0.05, 0) is 38.2 Å². The summed E-state index contributed by atoms with van der Waals surface area (Å²) in [5.41, 5.74) is 1.39. The summed E-state index contributed by atoms with van der Waals surface area (Å²) in [6.07, 6.45) is 6.18. The summed E-state index contributed by atoms with van der Waals surface area (Å²) >= 11 is 0. The summed E-state index contributed by atoms with van der Waals surface area (Å²) in [4.78, 5) is 11.9. The van der Waals surface area contributed by atoms with Crippen LogP contribution in [-0.2, 0) is 19.6 Å². The molecular formula is C24H38N6. The lowest BCUT2D eigenvalue weighted by molar-refractivity contribution is 0.134. The van der Waals surface area contributed by atoms with Gasteiger partial charge in [0.2, 0.25) is 0 Å². The maximum atomic E-state index is 4.83. The fourth-order valence-electron chi connectivity index (χ4n) is 4.12. The van der Waals surface area contributed by atoms with Gasteiger partial charge in [0.25, 0.3) is 0 Å². The van der Waals surface area contributed by atoms with Crippen LogP contribution in [0.3, 0.4) is 0 Å². The van der Waals surface area contributed by atoms with Crippen LogP contribution in [0.1, 0.15) is 51.9 Å². The normalized spacial score (nSPS) is 20.5. The van der Waals surface area contributed by atoms with Gasteiger partial charge in [0.05, 0.1) is 0 Å². The molecule has 30 heavy (non-hydrogen) atoms. The fourth-order valence-corrected chi connectivity index (χ4v) is 4.12. The van der Waals surface area contributed by atoms with Crippen molar-refractivity contribution in [1.29, 1.82) is 0 Å². The molecule has 1 aliphatic heterocycles. The molecule has 0 bridgehead atoms. The van der Waals surface area contributed by atoms with Crippen molar-refractivity contribution in [2.45, 2.75) is 72.3 Å². The van der Waals surface area contributed by atoms with Crippen LogP contribution in [0.4, 0.5) is 0 Å². The van der Waals surface area contributed by atoms with Crippen molar-refractivity contribution < 1.29 is 0 Å². The Labute approximate surface area is 181 Å². The first kappa shape index (κ1) is 22.3. The van der Waals surface area contributed by atoms with E-state index in [1.807, 2.05) is 6.20 Å². The lowest BCUT2D eigenvalue weighted by atomic mass is 9.97. The van der Waals surface area contributed by atoms with Crippen molar-refractivity contribution in [3.05, 3.63) is 54.1 Å². The van der Waals surface area contributed by atoms with Gasteiger partial charge in [0.1, 0.15) is 12.4 Å². The molecule has 1 aromatic heterocycles. The van der Waals surface area contributed by atoms with Crippen LogP contribution >= 0.6 is 0 Å². The smallest absolute Gasteiger partial charge is 0.191 e. The Morgan fingerprint density at radius 3 is 2.77 bits per heavy atom. The number of benzene rings is 1. The van der Waals surface area contributed by atoms with Crippen LogP contribution in [-0.4, -0.2) is 45.6 Å². The molecule has 6 heteroatoms. The Hall–Kier alpha value is -2.34. The molecule has 3 rings (SSSR count). The van der Waals surface area contributed by atoms with Crippen LogP contribution in [0.15, 0.2) is 47.7 Å². The number of hydrogen-bond acceptors (Lipinski definition) is 3. The highest BCUT2D eigenvalue weighted by Gasteiger charge is 2.26. The molecule has 2 N–H and O–H groups in total. The highest BCUT2D eigenvalue weighted by Crippen LogP contribution is 2.20. The molecule has 0 aliphatic carbocycles. The van der Waals surface area contributed by atoms with Crippen molar-refractivity contribution in [2.75, 3.05) is 13.1 Å².